The minimum Gasteiger partial charge on any atom is -0.392 e. The van der Waals surface area contributed by atoms with Gasteiger partial charge in [0.25, 0.3) is 0 Å². The van der Waals surface area contributed by atoms with Crippen molar-refractivity contribution in [2.24, 2.45) is 5.92 Å². The molecular formula is C12H17NO2. The molecule has 15 heavy (non-hydrogen) atoms. The second-order valence-electron chi connectivity index (χ2n) is 3.88. The first-order chi connectivity index (χ1) is 7.10. The highest BCUT2D eigenvalue weighted by atomic mass is 16.3. The molecule has 0 aliphatic heterocycles. The Morgan fingerprint density at radius 3 is 2.67 bits per heavy atom. The van der Waals surface area contributed by atoms with Crippen molar-refractivity contribution in [2.75, 3.05) is 0 Å². The highest BCUT2D eigenvalue weighted by Gasteiger charge is 2.15. The van der Waals surface area contributed by atoms with Crippen LogP contribution in [0.25, 0.3) is 0 Å². The number of aliphatic hydroxyl groups is 1. The molecule has 1 rings (SSSR count). The molecule has 0 amide bonds. The molecule has 0 spiro atoms. The largest absolute Gasteiger partial charge is 0.392 e. The summed E-state index contributed by atoms with van der Waals surface area (Å²) in [5.41, 5.74) is 2.22. The Kier molecular flexibility index (Phi) is 3.97. The molecule has 0 atom stereocenters. The van der Waals surface area contributed by atoms with Crippen molar-refractivity contribution in [3.05, 3.63) is 29.1 Å². The van der Waals surface area contributed by atoms with E-state index in [0.29, 0.717) is 5.69 Å². The standard InChI is InChI=1S/C12H17NO2/c1-4-10-5-9(7-14)6-13-11(10)12(15)8(2)3/h5-6,8,14H,4,7H2,1-3H3. The number of carbonyl (C=O) groups is 1. The van der Waals surface area contributed by atoms with Gasteiger partial charge in [0.05, 0.1) is 6.61 Å². The minimum absolute atomic E-state index is 0.0316. The van der Waals surface area contributed by atoms with E-state index < -0.39 is 0 Å². The van der Waals surface area contributed by atoms with E-state index in [1.807, 2.05) is 26.8 Å². The number of Topliss-reactive ketones (excluding diaryl/α,β-unsaturated/α-hetero) is 1. The van der Waals surface area contributed by atoms with Crippen molar-refractivity contribution < 1.29 is 9.90 Å². The maximum atomic E-state index is 11.8. The van der Waals surface area contributed by atoms with E-state index in [1.54, 1.807) is 6.20 Å². The number of pyridine rings is 1. The summed E-state index contributed by atoms with van der Waals surface area (Å²) in [5.74, 6) is 0.0270. The highest BCUT2D eigenvalue weighted by Crippen LogP contribution is 2.14. The summed E-state index contributed by atoms with van der Waals surface area (Å²) in [7, 11) is 0. The molecule has 0 aliphatic carbocycles. The van der Waals surface area contributed by atoms with Crippen LogP contribution in [0.4, 0.5) is 0 Å². The second kappa shape index (κ2) is 5.03. The normalized spacial score (nSPS) is 10.7. The third kappa shape index (κ3) is 2.63. The van der Waals surface area contributed by atoms with Gasteiger partial charge >= 0.3 is 0 Å². The van der Waals surface area contributed by atoms with E-state index in [9.17, 15) is 4.79 Å². The van der Waals surface area contributed by atoms with Gasteiger partial charge < -0.3 is 5.11 Å². The second-order valence-corrected chi connectivity index (χ2v) is 3.88. The number of carbonyl (C=O) groups excluding carboxylic acids is 1. The average molecular weight is 207 g/mol. The van der Waals surface area contributed by atoms with Gasteiger partial charge in [0, 0.05) is 12.1 Å². The number of aromatic nitrogens is 1. The lowest BCUT2D eigenvalue weighted by molar-refractivity contribution is 0.0933. The molecule has 82 valence electrons. The number of rotatable bonds is 4. The molecule has 1 aromatic rings. The zero-order valence-corrected chi connectivity index (χ0v) is 9.45. The Hall–Kier alpha value is -1.22. The Morgan fingerprint density at radius 1 is 1.53 bits per heavy atom. The molecule has 0 unspecified atom stereocenters. The molecule has 0 radical (unpaired) electrons. The number of nitrogens with zero attached hydrogens (tertiary/aromatic N) is 1. The monoisotopic (exact) mass is 207 g/mol. The van der Waals surface area contributed by atoms with Crippen molar-refractivity contribution >= 4 is 5.78 Å². The number of aryl methyl sites for hydroxylation is 1. The average Bonchev–Trinajstić information content (AvgIpc) is 2.27. The summed E-state index contributed by atoms with van der Waals surface area (Å²) in [5, 5.41) is 8.97. The van der Waals surface area contributed by atoms with Crippen LogP contribution in [-0.2, 0) is 13.0 Å². The Labute approximate surface area is 90.2 Å². The van der Waals surface area contributed by atoms with Crippen LogP contribution in [0.5, 0.6) is 0 Å². The van der Waals surface area contributed by atoms with Crippen LogP contribution in [0, 0.1) is 5.92 Å². The van der Waals surface area contributed by atoms with E-state index >= 15 is 0 Å². The van der Waals surface area contributed by atoms with Crippen LogP contribution >= 0.6 is 0 Å². The molecule has 3 heteroatoms. The zero-order valence-electron chi connectivity index (χ0n) is 9.45. The van der Waals surface area contributed by atoms with Crippen LogP contribution in [0.2, 0.25) is 0 Å². The molecule has 0 saturated heterocycles. The van der Waals surface area contributed by atoms with Crippen molar-refractivity contribution in [1.29, 1.82) is 0 Å². The molecular weight excluding hydrogens is 190 g/mol. The van der Waals surface area contributed by atoms with Gasteiger partial charge in [-0.3, -0.25) is 9.78 Å². The number of hydrogen-bond donors (Lipinski definition) is 1. The van der Waals surface area contributed by atoms with Crippen LogP contribution in [0.15, 0.2) is 12.3 Å². The molecule has 3 nitrogen and oxygen atoms in total. The van der Waals surface area contributed by atoms with Crippen LogP contribution in [-0.4, -0.2) is 15.9 Å². The van der Waals surface area contributed by atoms with Crippen molar-refractivity contribution in [3.8, 4) is 0 Å². The van der Waals surface area contributed by atoms with Crippen LogP contribution in [0.1, 0.15) is 42.4 Å². The van der Waals surface area contributed by atoms with E-state index in [2.05, 4.69) is 4.98 Å². The Balaban J connectivity index is 3.13. The van der Waals surface area contributed by atoms with Crippen molar-refractivity contribution in [2.45, 2.75) is 33.8 Å². The molecule has 0 aromatic carbocycles. The fourth-order valence-electron chi connectivity index (χ4n) is 1.41. The van der Waals surface area contributed by atoms with Crippen LogP contribution < -0.4 is 0 Å². The topological polar surface area (TPSA) is 50.2 Å². The number of hydrogen-bond acceptors (Lipinski definition) is 3. The van der Waals surface area contributed by atoms with Gasteiger partial charge in [0.1, 0.15) is 5.69 Å². The first-order valence-electron chi connectivity index (χ1n) is 5.23. The predicted octanol–water partition coefficient (Wildman–Crippen LogP) is 1.97. The minimum atomic E-state index is -0.0391. The summed E-state index contributed by atoms with van der Waals surface area (Å²) >= 11 is 0. The molecule has 0 fully saturated rings. The lowest BCUT2D eigenvalue weighted by atomic mass is 9.99. The first kappa shape index (κ1) is 11.9. The first-order valence-corrected chi connectivity index (χ1v) is 5.23. The van der Waals surface area contributed by atoms with Gasteiger partial charge in [0.2, 0.25) is 0 Å². The van der Waals surface area contributed by atoms with Gasteiger partial charge in [-0.2, -0.15) is 0 Å². The highest BCUT2D eigenvalue weighted by molar-refractivity contribution is 5.96. The quantitative estimate of drug-likeness (QED) is 0.768. The van der Waals surface area contributed by atoms with Gasteiger partial charge in [-0.15, -0.1) is 0 Å². The summed E-state index contributed by atoms with van der Waals surface area (Å²) in [6, 6.07) is 1.85. The Bertz CT molecular complexity index is 359. The van der Waals surface area contributed by atoms with Crippen LogP contribution in [0.3, 0.4) is 0 Å². The number of ketones is 1. The molecule has 1 aromatic heterocycles. The molecule has 0 aliphatic rings. The van der Waals surface area contributed by atoms with Gasteiger partial charge in [-0.05, 0) is 23.6 Å². The molecule has 0 bridgehead atoms. The smallest absolute Gasteiger partial charge is 0.183 e. The summed E-state index contributed by atoms with van der Waals surface area (Å²) in [6.45, 7) is 5.68. The van der Waals surface area contributed by atoms with E-state index in [4.69, 9.17) is 5.11 Å². The SMILES string of the molecule is CCc1cc(CO)cnc1C(=O)C(C)C. The maximum Gasteiger partial charge on any atom is 0.183 e. The summed E-state index contributed by atoms with van der Waals surface area (Å²) in [6.07, 6.45) is 2.32. The van der Waals surface area contributed by atoms with Crippen molar-refractivity contribution in [3.63, 3.8) is 0 Å². The van der Waals surface area contributed by atoms with Crippen molar-refractivity contribution in [1.82, 2.24) is 4.98 Å². The molecule has 0 saturated carbocycles. The zero-order chi connectivity index (χ0) is 11.4. The van der Waals surface area contributed by atoms with E-state index in [0.717, 1.165) is 17.5 Å². The van der Waals surface area contributed by atoms with E-state index in [-0.39, 0.29) is 18.3 Å². The van der Waals surface area contributed by atoms with Gasteiger partial charge in [-0.1, -0.05) is 20.8 Å². The number of aliphatic hydroxyl groups excluding tert-OH is 1. The molecule has 1 N–H and O–H groups in total. The van der Waals surface area contributed by atoms with Gasteiger partial charge in [-0.25, -0.2) is 0 Å². The Morgan fingerprint density at radius 2 is 2.20 bits per heavy atom. The summed E-state index contributed by atoms with van der Waals surface area (Å²) < 4.78 is 0. The third-order valence-electron chi connectivity index (χ3n) is 2.34. The van der Waals surface area contributed by atoms with Gasteiger partial charge in [0.15, 0.2) is 5.78 Å². The lowest BCUT2D eigenvalue weighted by Gasteiger charge is -2.09. The third-order valence-corrected chi connectivity index (χ3v) is 2.34. The maximum absolute atomic E-state index is 11.8. The lowest BCUT2D eigenvalue weighted by Crippen LogP contribution is -2.13. The predicted molar refractivity (Wildman–Crippen MR) is 58.7 cm³/mol. The summed E-state index contributed by atoms with van der Waals surface area (Å²) in [4.78, 5) is 15.9. The van der Waals surface area contributed by atoms with E-state index in [1.165, 1.54) is 0 Å². The fraction of sp³-hybridized carbons (Fsp3) is 0.500. The molecule has 1 heterocycles. The fourth-order valence-corrected chi connectivity index (χ4v) is 1.41.